The Morgan fingerprint density at radius 2 is 1.65 bits per heavy atom. The molecule has 2 heterocycles. The maximum atomic E-state index is 12.6. The Labute approximate surface area is 129 Å². The molecule has 0 aromatic rings. The van der Waals surface area contributed by atoms with Gasteiger partial charge in [0.05, 0.1) is 0 Å². The van der Waals surface area contributed by atoms with E-state index in [0.717, 1.165) is 25.9 Å². The molecular weight excluding hydrogens is 272 g/mol. The SMILES string of the molecule is Cl.O=C(C1CCCCCC1)N1CCC2(CCNC2)CC1. The molecule has 0 unspecified atom stereocenters. The number of piperidine rings is 1. The Morgan fingerprint density at radius 3 is 2.20 bits per heavy atom. The van der Waals surface area contributed by atoms with E-state index in [1.165, 1.54) is 58.0 Å². The molecular formula is C16H29ClN2O. The van der Waals surface area contributed by atoms with Crippen LogP contribution in [0.25, 0.3) is 0 Å². The van der Waals surface area contributed by atoms with Crippen molar-refractivity contribution in [1.82, 2.24) is 10.2 Å². The summed E-state index contributed by atoms with van der Waals surface area (Å²) in [4.78, 5) is 14.8. The van der Waals surface area contributed by atoms with Gasteiger partial charge in [0.2, 0.25) is 5.91 Å². The highest BCUT2D eigenvalue weighted by Gasteiger charge is 2.39. The predicted octanol–water partition coefficient (Wildman–Crippen LogP) is 2.98. The van der Waals surface area contributed by atoms with Crippen LogP contribution in [-0.2, 0) is 4.79 Å². The van der Waals surface area contributed by atoms with E-state index < -0.39 is 0 Å². The average Bonchev–Trinajstić information content (AvgIpc) is 2.73. The van der Waals surface area contributed by atoms with Crippen LogP contribution in [0.15, 0.2) is 0 Å². The minimum Gasteiger partial charge on any atom is -0.342 e. The second-order valence-electron chi connectivity index (χ2n) is 6.94. The molecule has 0 atom stereocenters. The van der Waals surface area contributed by atoms with E-state index in [2.05, 4.69) is 10.2 Å². The third-order valence-corrected chi connectivity index (χ3v) is 5.67. The van der Waals surface area contributed by atoms with Crippen LogP contribution in [0.1, 0.15) is 57.8 Å². The van der Waals surface area contributed by atoms with Crippen LogP contribution in [0.4, 0.5) is 0 Å². The van der Waals surface area contributed by atoms with Crippen molar-refractivity contribution in [2.24, 2.45) is 11.3 Å². The number of carbonyl (C=O) groups is 1. The number of hydrogen-bond donors (Lipinski definition) is 1. The van der Waals surface area contributed by atoms with Crippen LogP contribution in [0.5, 0.6) is 0 Å². The van der Waals surface area contributed by atoms with Gasteiger partial charge in [-0.3, -0.25) is 4.79 Å². The highest BCUT2D eigenvalue weighted by Crippen LogP contribution is 2.37. The number of carbonyl (C=O) groups excluding carboxylic acids is 1. The Kier molecular flexibility index (Phi) is 5.74. The molecule has 1 aliphatic carbocycles. The van der Waals surface area contributed by atoms with Gasteiger partial charge in [-0.05, 0) is 44.1 Å². The summed E-state index contributed by atoms with van der Waals surface area (Å²) < 4.78 is 0. The molecule has 0 bridgehead atoms. The maximum Gasteiger partial charge on any atom is 0.225 e. The Hall–Kier alpha value is -0.280. The summed E-state index contributed by atoms with van der Waals surface area (Å²) in [5.74, 6) is 0.820. The maximum absolute atomic E-state index is 12.6. The molecule has 1 saturated carbocycles. The average molecular weight is 301 g/mol. The van der Waals surface area contributed by atoms with Crippen molar-refractivity contribution in [3.63, 3.8) is 0 Å². The highest BCUT2D eigenvalue weighted by molar-refractivity contribution is 5.85. The number of amides is 1. The first-order valence-corrected chi connectivity index (χ1v) is 8.29. The van der Waals surface area contributed by atoms with Crippen molar-refractivity contribution in [2.45, 2.75) is 57.8 Å². The van der Waals surface area contributed by atoms with Crippen LogP contribution in [0.3, 0.4) is 0 Å². The van der Waals surface area contributed by atoms with E-state index in [4.69, 9.17) is 0 Å². The van der Waals surface area contributed by atoms with E-state index in [0.29, 0.717) is 17.2 Å². The molecule has 4 heteroatoms. The minimum absolute atomic E-state index is 0. The molecule has 2 saturated heterocycles. The lowest BCUT2D eigenvalue weighted by Crippen LogP contribution is -2.46. The van der Waals surface area contributed by atoms with E-state index in [9.17, 15) is 4.79 Å². The summed E-state index contributed by atoms with van der Waals surface area (Å²) in [5, 5.41) is 3.50. The molecule has 3 aliphatic rings. The smallest absolute Gasteiger partial charge is 0.225 e. The predicted molar refractivity (Wildman–Crippen MR) is 84.2 cm³/mol. The molecule has 20 heavy (non-hydrogen) atoms. The molecule has 1 amide bonds. The van der Waals surface area contributed by atoms with Gasteiger partial charge in [-0.15, -0.1) is 12.4 Å². The lowest BCUT2D eigenvalue weighted by molar-refractivity contribution is -0.138. The second kappa shape index (κ2) is 7.13. The van der Waals surface area contributed by atoms with Gasteiger partial charge in [0, 0.05) is 25.6 Å². The van der Waals surface area contributed by atoms with E-state index in [-0.39, 0.29) is 12.4 Å². The lowest BCUT2D eigenvalue weighted by atomic mass is 9.77. The van der Waals surface area contributed by atoms with Crippen molar-refractivity contribution in [3.05, 3.63) is 0 Å². The third-order valence-electron chi connectivity index (χ3n) is 5.67. The van der Waals surface area contributed by atoms with Gasteiger partial charge in [0.25, 0.3) is 0 Å². The van der Waals surface area contributed by atoms with Crippen molar-refractivity contribution >= 4 is 18.3 Å². The molecule has 3 rings (SSSR count). The Morgan fingerprint density at radius 1 is 1.00 bits per heavy atom. The molecule has 1 N–H and O–H groups in total. The van der Waals surface area contributed by atoms with Gasteiger partial charge in [0.15, 0.2) is 0 Å². The molecule has 3 nitrogen and oxygen atoms in total. The summed E-state index contributed by atoms with van der Waals surface area (Å²) in [6.45, 7) is 4.38. The topological polar surface area (TPSA) is 32.3 Å². The normalized spacial score (nSPS) is 27.1. The van der Waals surface area contributed by atoms with Gasteiger partial charge >= 0.3 is 0 Å². The number of nitrogens with zero attached hydrogens (tertiary/aromatic N) is 1. The summed E-state index contributed by atoms with van der Waals surface area (Å²) in [6.07, 6.45) is 11.2. The molecule has 0 aromatic carbocycles. The first kappa shape index (κ1) is 16.1. The van der Waals surface area contributed by atoms with Crippen molar-refractivity contribution in [2.75, 3.05) is 26.2 Å². The molecule has 2 aliphatic heterocycles. The summed E-state index contributed by atoms with van der Waals surface area (Å²) in [6, 6.07) is 0. The monoisotopic (exact) mass is 300 g/mol. The molecule has 1 spiro atoms. The summed E-state index contributed by atoms with van der Waals surface area (Å²) >= 11 is 0. The number of nitrogens with one attached hydrogen (secondary N) is 1. The van der Waals surface area contributed by atoms with Crippen molar-refractivity contribution in [1.29, 1.82) is 0 Å². The molecule has 0 radical (unpaired) electrons. The second-order valence-corrected chi connectivity index (χ2v) is 6.94. The fourth-order valence-corrected chi connectivity index (χ4v) is 4.21. The van der Waals surface area contributed by atoms with Crippen molar-refractivity contribution in [3.8, 4) is 0 Å². The van der Waals surface area contributed by atoms with Crippen LogP contribution < -0.4 is 5.32 Å². The Balaban J connectivity index is 0.00000147. The zero-order valence-corrected chi connectivity index (χ0v) is 13.3. The van der Waals surface area contributed by atoms with E-state index in [1.807, 2.05) is 0 Å². The van der Waals surface area contributed by atoms with Crippen molar-refractivity contribution < 1.29 is 4.79 Å². The van der Waals surface area contributed by atoms with Gasteiger partial charge in [-0.1, -0.05) is 25.7 Å². The molecule has 116 valence electrons. The van der Waals surface area contributed by atoms with Gasteiger partial charge in [0.1, 0.15) is 0 Å². The first-order chi connectivity index (χ1) is 9.29. The zero-order chi connectivity index (χ0) is 13.1. The highest BCUT2D eigenvalue weighted by atomic mass is 35.5. The number of hydrogen-bond acceptors (Lipinski definition) is 2. The van der Waals surface area contributed by atoms with E-state index in [1.54, 1.807) is 0 Å². The first-order valence-electron chi connectivity index (χ1n) is 8.29. The van der Waals surface area contributed by atoms with Gasteiger partial charge < -0.3 is 10.2 Å². The molecule has 0 aromatic heterocycles. The Bertz CT molecular complexity index is 310. The largest absolute Gasteiger partial charge is 0.342 e. The zero-order valence-electron chi connectivity index (χ0n) is 12.5. The third kappa shape index (κ3) is 3.48. The standard InChI is InChI=1S/C16H28N2O.ClH/c19-15(14-5-3-1-2-4-6-14)18-11-8-16(9-12-18)7-10-17-13-16;/h14,17H,1-13H2;1H. The van der Waals surface area contributed by atoms with Crippen LogP contribution in [0, 0.1) is 11.3 Å². The van der Waals surface area contributed by atoms with Gasteiger partial charge in [-0.2, -0.15) is 0 Å². The van der Waals surface area contributed by atoms with Crippen LogP contribution in [0.2, 0.25) is 0 Å². The van der Waals surface area contributed by atoms with Gasteiger partial charge in [-0.25, -0.2) is 0 Å². The van der Waals surface area contributed by atoms with E-state index >= 15 is 0 Å². The summed E-state index contributed by atoms with van der Waals surface area (Å²) in [5.41, 5.74) is 0.528. The van der Waals surface area contributed by atoms with Crippen LogP contribution >= 0.6 is 12.4 Å². The number of halogens is 1. The minimum atomic E-state index is 0. The van der Waals surface area contributed by atoms with Crippen LogP contribution in [-0.4, -0.2) is 37.0 Å². The summed E-state index contributed by atoms with van der Waals surface area (Å²) in [7, 11) is 0. The quantitative estimate of drug-likeness (QED) is 0.755. The lowest BCUT2D eigenvalue weighted by Gasteiger charge is -2.40. The number of rotatable bonds is 1. The fraction of sp³-hybridized carbons (Fsp3) is 0.938. The fourth-order valence-electron chi connectivity index (χ4n) is 4.21. The number of likely N-dealkylation sites (tertiary alicyclic amines) is 1. The molecule has 3 fully saturated rings.